The first-order valence-electron chi connectivity index (χ1n) is 39.9. The van der Waals surface area contributed by atoms with Crippen molar-refractivity contribution in [2.45, 2.75) is 287 Å². The van der Waals surface area contributed by atoms with Crippen molar-refractivity contribution >= 4 is 66.7 Å². The fourth-order valence-corrected chi connectivity index (χ4v) is 15.6. The molecule has 2 unspecified atom stereocenters. The zero-order valence-electron chi connectivity index (χ0n) is 61.9. The fraction of sp³-hybridized carbons (Fsp3) is 0.591. The van der Waals surface area contributed by atoms with Crippen LogP contribution in [0.3, 0.4) is 0 Å². The van der Waals surface area contributed by atoms with Crippen molar-refractivity contribution in [1.29, 1.82) is 0 Å². The van der Waals surface area contributed by atoms with Crippen molar-refractivity contribution in [3.8, 4) is 45.3 Å². The van der Waals surface area contributed by atoms with Gasteiger partial charge in [0.2, 0.25) is 0 Å². The number of carbonyl (C=O) groups is 4. The van der Waals surface area contributed by atoms with E-state index in [1.54, 1.807) is 9.80 Å². The van der Waals surface area contributed by atoms with E-state index in [0.29, 0.717) is 95.5 Å². The number of nitrogens with zero attached hydrogens (tertiary/aromatic N) is 2. The Bertz CT molecular complexity index is 3460. The Kier molecular flexibility index (Phi) is 30.3. The molecule has 2 aliphatic heterocycles. The second-order valence-electron chi connectivity index (χ2n) is 29.0. The van der Waals surface area contributed by atoms with Gasteiger partial charge in [-0.2, -0.15) is 0 Å². The molecule has 10 heteroatoms. The van der Waals surface area contributed by atoms with Gasteiger partial charge in [0.1, 0.15) is 0 Å². The SMILES string of the molecule is CCCCCCCCC(CCCCCC)CN1C(=O)c2ccc3c4c(-c5ccc(OCCCCC)c(OCCCCC)c5)cc5c6c(ccc(c7c(-c8ccc(OCCCCC)c(OCCCCC)c8)cc(c2c37)C1=O)c64)C(=O)N(CC(CCCCCC)CCCCCCCC)C5=O. The normalized spacial score (nSPS) is 13.8. The number of amides is 4. The summed E-state index contributed by atoms with van der Waals surface area (Å²) in [6.45, 7) is 20.7. The number of hydrogen-bond donors (Lipinski definition) is 0. The average Bonchev–Trinajstić information content (AvgIpc) is 0.679. The van der Waals surface area contributed by atoms with E-state index in [2.05, 4.69) is 104 Å². The van der Waals surface area contributed by atoms with Gasteiger partial charge in [-0.1, -0.05) is 259 Å². The van der Waals surface area contributed by atoms with E-state index in [1.807, 2.05) is 24.3 Å². The van der Waals surface area contributed by atoms with Crippen LogP contribution in [0.2, 0.25) is 0 Å². The van der Waals surface area contributed by atoms with Gasteiger partial charge in [0, 0.05) is 46.1 Å². The summed E-state index contributed by atoms with van der Waals surface area (Å²) in [7, 11) is 0. The van der Waals surface area contributed by atoms with Crippen molar-refractivity contribution < 1.29 is 38.1 Å². The number of imide groups is 2. The number of hydrogen-bond acceptors (Lipinski definition) is 8. The Hall–Kier alpha value is -6.68. The monoisotopic (exact) mass is 1330 g/mol. The lowest BCUT2D eigenvalue weighted by atomic mass is 9.77. The number of rotatable bonds is 50. The van der Waals surface area contributed by atoms with Crippen molar-refractivity contribution in [1.82, 2.24) is 9.80 Å². The highest BCUT2D eigenvalue weighted by molar-refractivity contribution is 6.44. The molecule has 9 rings (SSSR count). The molecule has 0 N–H and O–H groups in total. The largest absolute Gasteiger partial charge is 0.490 e. The van der Waals surface area contributed by atoms with E-state index in [9.17, 15) is 0 Å². The van der Waals surface area contributed by atoms with Gasteiger partial charge in [-0.15, -0.1) is 0 Å². The first kappa shape index (κ1) is 75.5. The van der Waals surface area contributed by atoms with Crippen LogP contribution in [0.5, 0.6) is 23.0 Å². The van der Waals surface area contributed by atoms with E-state index < -0.39 is 0 Å². The van der Waals surface area contributed by atoms with Crippen molar-refractivity contribution in [3.63, 3.8) is 0 Å². The summed E-state index contributed by atoms with van der Waals surface area (Å²) in [5.41, 5.74) is 5.32. The van der Waals surface area contributed by atoms with Crippen LogP contribution in [0.15, 0.2) is 72.8 Å². The zero-order chi connectivity index (χ0) is 69.2. The highest BCUT2D eigenvalue weighted by Gasteiger charge is 2.40. The van der Waals surface area contributed by atoms with Gasteiger partial charge in [-0.25, -0.2) is 0 Å². The second-order valence-corrected chi connectivity index (χ2v) is 29.0. The van der Waals surface area contributed by atoms with E-state index in [-0.39, 0.29) is 35.5 Å². The molecule has 2 atom stereocenters. The molecule has 10 nitrogen and oxygen atoms in total. The number of benzene rings is 7. The predicted molar refractivity (Wildman–Crippen MR) is 410 cm³/mol. The Morgan fingerprint density at radius 2 is 0.551 bits per heavy atom. The maximum absolute atomic E-state index is 16.1. The second kappa shape index (κ2) is 39.4. The molecular weight excluding hydrogens is 1210 g/mol. The highest BCUT2D eigenvalue weighted by Crippen LogP contribution is 2.53. The molecule has 7 aromatic carbocycles. The molecule has 98 heavy (non-hydrogen) atoms. The van der Waals surface area contributed by atoms with Crippen LogP contribution in [0.25, 0.3) is 65.3 Å². The zero-order valence-corrected chi connectivity index (χ0v) is 61.9. The third-order valence-corrected chi connectivity index (χ3v) is 21.3. The Labute approximate surface area is 589 Å². The van der Waals surface area contributed by atoms with Gasteiger partial charge in [-0.3, -0.25) is 29.0 Å². The van der Waals surface area contributed by atoms with Gasteiger partial charge in [0.25, 0.3) is 23.6 Å². The van der Waals surface area contributed by atoms with Crippen LogP contribution in [0.4, 0.5) is 0 Å². The Morgan fingerprint density at radius 3 is 0.888 bits per heavy atom. The van der Waals surface area contributed by atoms with Crippen LogP contribution in [0, 0.1) is 11.8 Å². The molecular formula is C88H122N2O8. The van der Waals surface area contributed by atoms with Crippen molar-refractivity contribution in [2.75, 3.05) is 39.5 Å². The molecule has 532 valence electrons. The van der Waals surface area contributed by atoms with Crippen LogP contribution in [0.1, 0.15) is 328 Å². The Morgan fingerprint density at radius 1 is 0.265 bits per heavy atom. The maximum Gasteiger partial charge on any atom is 0.261 e. The number of ether oxygens (including phenoxy) is 4. The summed E-state index contributed by atoms with van der Waals surface area (Å²) in [4.78, 5) is 66.8. The number of carbonyl (C=O) groups excluding carboxylic acids is 4. The van der Waals surface area contributed by atoms with Gasteiger partial charge >= 0.3 is 0 Å². The lowest BCUT2D eigenvalue weighted by molar-refractivity contribution is 0.0563. The molecule has 4 amide bonds. The summed E-state index contributed by atoms with van der Waals surface area (Å²) in [5.74, 6) is 1.96. The first-order chi connectivity index (χ1) is 48.1. The van der Waals surface area contributed by atoms with Crippen LogP contribution < -0.4 is 18.9 Å². The predicted octanol–water partition coefficient (Wildman–Crippen LogP) is 25.2. The molecule has 0 aliphatic carbocycles. The van der Waals surface area contributed by atoms with Crippen LogP contribution in [-0.4, -0.2) is 72.9 Å². The summed E-state index contributed by atoms with van der Waals surface area (Å²) in [6.07, 6.45) is 39.3. The topological polar surface area (TPSA) is 112 Å². The van der Waals surface area contributed by atoms with Crippen molar-refractivity contribution in [3.05, 3.63) is 95.1 Å². The fourth-order valence-electron chi connectivity index (χ4n) is 15.6. The molecule has 7 aromatic rings. The van der Waals surface area contributed by atoms with Crippen LogP contribution >= 0.6 is 0 Å². The lowest BCUT2D eigenvalue weighted by Crippen LogP contribution is -2.43. The smallest absolute Gasteiger partial charge is 0.261 e. The molecule has 0 spiro atoms. The van der Waals surface area contributed by atoms with Gasteiger partial charge in [0.05, 0.1) is 26.4 Å². The van der Waals surface area contributed by atoms with E-state index in [4.69, 9.17) is 18.9 Å². The van der Waals surface area contributed by atoms with Gasteiger partial charge in [-0.05, 0) is 166 Å². The Balaban J connectivity index is 1.31. The summed E-state index contributed by atoms with van der Waals surface area (Å²) in [5, 5.41) is 6.29. The average molecular weight is 1340 g/mol. The van der Waals surface area contributed by atoms with Crippen LogP contribution in [-0.2, 0) is 0 Å². The molecule has 0 aromatic heterocycles. The third kappa shape index (κ3) is 18.6. The molecule has 0 radical (unpaired) electrons. The van der Waals surface area contributed by atoms with Gasteiger partial charge < -0.3 is 18.9 Å². The highest BCUT2D eigenvalue weighted by atomic mass is 16.5. The summed E-state index contributed by atoms with van der Waals surface area (Å²) in [6, 6.07) is 24.7. The summed E-state index contributed by atoms with van der Waals surface area (Å²) >= 11 is 0. The molecule has 0 saturated heterocycles. The van der Waals surface area contributed by atoms with E-state index in [0.717, 1.165) is 222 Å². The number of fused-ring (bicyclic) bond motifs is 2. The quantitative estimate of drug-likeness (QED) is 0.0160. The summed E-state index contributed by atoms with van der Waals surface area (Å²) < 4.78 is 26.7. The number of unbranched alkanes of at least 4 members (excludes halogenated alkanes) is 24. The third-order valence-electron chi connectivity index (χ3n) is 21.3. The van der Waals surface area contributed by atoms with E-state index in [1.165, 1.54) is 64.2 Å². The minimum absolute atomic E-state index is 0.179. The van der Waals surface area contributed by atoms with E-state index >= 15 is 19.2 Å². The molecule has 2 heterocycles. The molecule has 0 saturated carbocycles. The molecule has 2 aliphatic rings. The maximum atomic E-state index is 16.1. The standard InChI is InChI=1S/C88H122N2O8/c1-9-17-25-29-31-35-43-63(41-33-27-19-11-3)61-89-85(91)69-49-47-67-80-72(66-46-52-76(96-54-38-22-14-6)78(58-66)98-56-40-24-16-8)60-74-82-70(86(92)90(88(74)94)62-64(42-34-28-20-12-4)44-36-32-30-26-18-10-2)50-48-68(84(80)82)79-71(59-73(87(89)93)81(69)83(67)79)65-45-51-75(95-53-37-21-13-5)77(57-65)97-55-39-23-15-7/h45-52,57-60,63-64H,9-44,53-56,61-62H2,1-8H3. The minimum Gasteiger partial charge on any atom is -0.490 e. The molecule has 0 fully saturated rings. The molecule has 0 bridgehead atoms. The minimum atomic E-state index is -0.270. The lowest BCUT2D eigenvalue weighted by Gasteiger charge is -2.33. The van der Waals surface area contributed by atoms with Crippen molar-refractivity contribution in [2.24, 2.45) is 11.8 Å². The van der Waals surface area contributed by atoms with Gasteiger partial charge in [0.15, 0.2) is 23.0 Å². The first-order valence-corrected chi connectivity index (χ1v) is 39.9.